The van der Waals surface area contributed by atoms with Crippen LogP contribution in [0.2, 0.25) is 0 Å². The maximum Gasteiger partial charge on any atom is 0.321 e. The molecule has 0 spiro atoms. The second-order valence-electron chi connectivity index (χ2n) is 3.69. The van der Waals surface area contributed by atoms with Gasteiger partial charge in [-0.25, -0.2) is 0 Å². The number of carboxylic acids is 1. The largest absolute Gasteiger partial charge is 0.508 e. The molecule has 0 amide bonds. The molecule has 0 radical (unpaired) electrons. The molecule has 1 aromatic rings. The Morgan fingerprint density at radius 1 is 1.33 bits per heavy atom. The van der Waals surface area contributed by atoms with Crippen LogP contribution >= 0.6 is 0 Å². The minimum Gasteiger partial charge on any atom is -0.508 e. The lowest BCUT2D eigenvalue weighted by Crippen LogP contribution is -2.37. The van der Waals surface area contributed by atoms with Crippen molar-refractivity contribution in [1.82, 2.24) is 4.90 Å². The van der Waals surface area contributed by atoms with Crippen LogP contribution in [0, 0.1) is 0 Å². The topological polar surface area (TPSA) is 60.8 Å². The summed E-state index contributed by atoms with van der Waals surface area (Å²) in [4.78, 5) is 12.6. The van der Waals surface area contributed by atoms with Gasteiger partial charge in [0.25, 0.3) is 0 Å². The Hall–Kier alpha value is -1.55. The molecular weight excluding hydrogens is 194 g/mol. The number of nitrogens with zero attached hydrogens (tertiary/aromatic N) is 1. The fourth-order valence-corrected chi connectivity index (χ4v) is 1.35. The van der Waals surface area contributed by atoms with Crippen molar-refractivity contribution in [3.63, 3.8) is 0 Å². The summed E-state index contributed by atoms with van der Waals surface area (Å²) in [5.74, 6) is -0.649. The third kappa shape index (κ3) is 3.25. The maximum absolute atomic E-state index is 10.9. The molecule has 0 unspecified atom stereocenters. The molecule has 0 heterocycles. The zero-order valence-electron chi connectivity index (χ0n) is 8.84. The Balaban J connectivity index is 2.74. The van der Waals surface area contributed by atoms with E-state index in [2.05, 4.69) is 0 Å². The first-order valence-corrected chi connectivity index (χ1v) is 4.68. The predicted octanol–water partition coefficient (Wildman–Crippen LogP) is 0.950. The van der Waals surface area contributed by atoms with E-state index in [1.807, 2.05) is 0 Å². The number of aliphatic carboxylic acids is 1. The summed E-state index contributed by atoms with van der Waals surface area (Å²) in [6, 6.07) is 6.05. The summed E-state index contributed by atoms with van der Waals surface area (Å²) < 4.78 is 0. The molecular formula is C11H15NO3. The lowest BCUT2D eigenvalue weighted by Gasteiger charge is -2.19. The van der Waals surface area contributed by atoms with E-state index in [9.17, 15) is 4.79 Å². The summed E-state index contributed by atoms with van der Waals surface area (Å²) in [5, 5.41) is 18.1. The van der Waals surface area contributed by atoms with Gasteiger partial charge < -0.3 is 10.2 Å². The van der Waals surface area contributed by atoms with Crippen molar-refractivity contribution in [3.05, 3.63) is 29.8 Å². The number of phenols is 1. The molecule has 0 aromatic heterocycles. The molecule has 0 saturated heterocycles. The molecule has 1 rings (SSSR count). The van der Waals surface area contributed by atoms with Crippen molar-refractivity contribution in [2.45, 2.75) is 12.5 Å². The number of hydrogen-bond donors (Lipinski definition) is 2. The van der Waals surface area contributed by atoms with Crippen LogP contribution in [-0.4, -0.2) is 41.2 Å². The molecule has 0 bridgehead atoms. The molecule has 0 saturated carbocycles. The van der Waals surface area contributed by atoms with Crippen molar-refractivity contribution in [1.29, 1.82) is 0 Å². The van der Waals surface area contributed by atoms with Gasteiger partial charge >= 0.3 is 5.97 Å². The molecule has 0 fully saturated rings. The normalized spacial score (nSPS) is 12.7. The van der Waals surface area contributed by atoms with E-state index in [-0.39, 0.29) is 5.75 Å². The van der Waals surface area contributed by atoms with E-state index < -0.39 is 12.0 Å². The third-order valence-electron chi connectivity index (χ3n) is 2.27. The fraction of sp³-hybridized carbons (Fsp3) is 0.364. The number of rotatable bonds is 4. The Kier molecular flexibility index (Phi) is 3.68. The Morgan fingerprint density at radius 2 is 1.87 bits per heavy atom. The van der Waals surface area contributed by atoms with Crippen molar-refractivity contribution in [3.8, 4) is 5.75 Å². The second kappa shape index (κ2) is 4.79. The van der Waals surface area contributed by atoms with Gasteiger partial charge in [-0.05, 0) is 38.2 Å². The van der Waals surface area contributed by atoms with Gasteiger partial charge in [0.05, 0.1) is 0 Å². The molecule has 1 atom stereocenters. The van der Waals surface area contributed by atoms with E-state index in [0.29, 0.717) is 6.42 Å². The molecule has 0 aliphatic carbocycles. The lowest BCUT2D eigenvalue weighted by molar-refractivity contribution is -0.142. The van der Waals surface area contributed by atoms with Crippen LogP contribution in [-0.2, 0) is 11.2 Å². The third-order valence-corrected chi connectivity index (χ3v) is 2.27. The van der Waals surface area contributed by atoms with Crippen molar-refractivity contribution in [2.24, 2.45) is 0 Å². The van der Waals surface area contributed by atoms with Gasteiger partial charge in [-0.3, -0.25) is 9.69 Å². The maximum atomic E-state index is 10.9. The highest BCUT2D eigenvalue weighted by molar-refractivity contribution is 5.73. The molecule has 2 N–H and O–H groups in total. The van der Waals surface area contributed by atoms with Crippen LogP contribution in [0.4, 0.5) is 0 Å². The van der Waals surface area contributed by atoms with Gasteiger partial charge in [0.15, 0.2) is 0 Å². The van der Waals surface area contributed by atoms with E-state index in [1.54, 1.807) is 43.3 Å². The zero-order valence-corrected chi connectivity index (χ0v) is 8.84. The summed E-state index contributed by atoms with van der Waals surface area (Å²) in [5.41, 5.74) is 0.897. The minimum atomic E-state index is -0.840. The van der Waals surface area contributed by atoms with Crippen LogP contribution in [0.3, 0.4) is 0 Å². The average molecular weight is 209 g/mol. The van der Waals surface area contributed by atoms with Crippen LogP contribution in [0.25, 0.3) is 0 Å². The number of benzene rings is 1. The lowest BCUT2D eigenvalue weighted by atomic mass is 10.1. The molecule has 0 aliphatic rings. The van der Waals surface area contributed by atoms with Gasteiger partial charge in [0.1, 0.15) is 11.8 Å². The Labute approximate surface area is 88.8 Å². The molecule has 4 heteroatoms. The first-order valence-electron chi connectivity index (χ1n) is 4.68. The van der Waals surface area contributed by atoms with E-state index in [0.717, 1.165) is 5.56 Å². The van der Waals surface area contributed by atoms with Gasteiger partial charge in [0, 0.05) is 0 Å². The van der Waals surface area contributed by atoms with E-state index in [1.165, 1.54) is 0 Å². The van der Waals surface area contributed by atoms with Crippen molar-refractivity contribution in [2.75, 3.05) is 14.1 Å². The minimum absolute atomic E-state index is 0.190. The number of hydrogen-bond acceptors (Lipinski definition) is 3. The summed E-state index contributed by atoms with van der Waals surface area (Å²) in [6.07, 6.45) is 0.433. The van der Waals surface area contributed by atoms with Gasteiger partial charge in [-0.1, -0.05) is 12.1 Å². The molecule has 1 aromatic carbocycles. The van der Waals surface area contributed by atoms with Crippen molar-refractivity contribution < 1.29 is 15.0 Å². The molecule has 4 nitrogen and oxygen atoms in total. The molecule has 82 valence electrons. The Morgan fingerprint density at radius 3 is 2.27 bits per heavy atom. The number of carbonyl (C=O) groups is 1. The number of aromatic hydroxyl groups is 1. The SMILES string of the molecule is CN(C)[C@@H](Cc1ccc(O)cc1)C(=O)O. The van der Waals surface area contributed by atoms with Crippen LogP contribution in [0.1, 0.15) is 5.56 Å². The van der Waals surface area contributed by atoms with Crippen molar-refractivity contribution >= 4 is 5.97 Å². The van der Waals surface area contributed by atoms with Gasteiger partial charge in [-0.15, -0.1) is 0 Å². The van der Waals surface area contributed by atoms with E-state index >= 15 is 0 Å². The summed E-state index contributed by atoms with van der Waals surface area (Å²) >= 11 is 0. The first kappa shape index (κ1) is 11.5. The van der Waals surface area contributed by atoms with Crippen LogP contribution < -0.4 is 0 Å². The smallest absolute Gasteiger partial charge is 0.321 e. The monoisotopic (exact) mass is 209 g/mol. The summed E-state index contributed by atoms with van der Waals surface area (Å²) in [6.45, 7) is 0. The number of carboxylic acid groups (broad SMARTS) is 1. The van der Waals surface area contributed by atoms with Crippen LogP contribution in [0.5, 0.6) is 5.75 Å². The van der Waals surface area contributed by atoms with Gasteiger partial charge in [0.2, 0.25) is 0 Å². The molecule has 0 aliphatic heterocycles. The highest BCUT2D eigenvalue weighted by Gasteiger charge is 2.19. The quantitative estimate of drug-likeness (QED) is 0.775. The van der Waals surface area contributed by atoms with Gasteiger partial charge in [-0.2, -0.15) is 0 Å². The highest BCUT2D eigenvalue weighted by atomic mass is 16.4. The van der Waals surface area contributed by atoms with Crippen LogP contribution in [0.15, 0.2) is 24.3 Å². The summed E-state index contributed by atoms with van der Waals surface area (Å²) in [7, 11) is 3.47. The number of likely N-dealkylation sites (N-methyl/N-ethyl adjacent to an activating group) is 1. The standard InChI is InChI=1S/C11H15NO3/c1-12(2)10(11(14)15)7-8-3-5-9(13)6-4-8/h3-6,10,13H,7H2,1-2H3,(H,14,15)/t10-/m0/s1. The second-order valence-corrected chi connectivity index (χ2v) is 3.69. The van der Waals surface area contributed by atoms with E-state index in [4.69, 9.17) is 10.2 Å². The Bertz CT molecular complexity index is 332. The molecule has 15 heavy (non-hydrogen) atoms. The highest BCUT2D eigenvalue weighted by Crippen LogP contribution is 2.12. The average Bonchev–Trinajstić information content (AvgIpc) is 2.15. The number of phenolic OH excluding ortho intramolecular Hbond substituents is 1. The fourth-order valence-electron chi connectivity index (χ4n) is 1.35. The predicted molar refractivity (Wildman–Crippen MR) is 56.9 cm³/mol. The first-order chi connectivity index (χ1) is 7.00. The zero-order chi connectivity index (χ0) is 11.4.